The van der Waals surface area contributed by atoms with Gasteiger partial charge in [0.2, 0.25) is 5.78 Å². The molecule has 0 N–H and O–H groups in total. The van der Waals surface area contributed by atoms with Crippen LogP contribution in [-0.4, -0.2) is 12.1 Å². The fourth-order valence-corrected chi connectivity index (χ4v) is 2.81. The van der Waals surface area contributed by atoms with Crippen LogP contribution in [0.3, 0.4) is 0 Å². The highest BCUT2D eigenvalue weighted by molar-refractivity contribution is 6.14. The van der Waals surface area contributed by atoms with Crippen LogP contribution in [0.2, 0.25) is 0 Å². The second kappa shape index (κ2) is 6.21. The first kappa shape index (κ1) is 15.1. The first-order valence-electron chi connectivity index (χ1n) is 7.93. The van der Waals surface area contributed by atoms with Gasteiger partial charge in [0, 0.05) is 5.56 Å². The van der Waals surface area contributed by atoms with Crippen LogP contribution < -0.4 is 4.74 Å². The molecule has 0 unspecified atom stereocenters. The van der Waals surface area contributed by atoms with E-state index in [1.165, 1.54) is 0 Å². The van der Waals surface area contributed by atoms with Crippen molar-refractivity contribution in [2.75, 3.05) is 0 Å². The molecule has 0 saturated heterocycles. The molecule has 3 aromatic rings. The van der Waals surface area contributed by atoms with E-state index in [2.05, 4.69) is 0 Å². The van der Waals surface area contributed by atoms with Crippen LogP contribution in [0, 0.1) is 0 Å². The Morgan fingerprint density at radius 2 is 1.32 bits per heavy atom. The molecular weight excluding hydrogens is 312 g/mol. The molecule has 1 aliphatic rings. The van der Waals surface area contributed by atoms with Gasteiger partial charge in [0.05, 0.1) is 5.56 Å². The number of fused-ring (bicyclic) bond motifs is 1. The Morgan fingerprint density at radius 1 is 0.720 bits per heavy atom. The molecule has 0 radical (unpaired) electrons. The topological polar surface area (TPSA) is 43.4 Å². The van der Waals surface area contributed by atoms with Crippen molar-refractivity contribution in [1.82, 2.24) is 0 Å². The minimum Gasteiger partial charge on any atom is -0.452 e. The molecule has 0 saturated carbocycles. The third kappa shape index (κ3) is 2.88. The van der Waals surface area contributed by atoms with Crippen LogP contribution in [0.5, 0.6) is 5.75 Å². The highest BCUT2D eigenvalue weighted by Gasteiger charge is 2.26. The van der Waals surface area contributed by atoms with Crippen LogP contribution in [0.15, 0.2) is 78.6 Å². The van der Waals surface area contributed by atoms with E-state index in [4.69, 9.17) is 4.74 Å². The largest absolute Gasteiger partial charge is 0.452 e. The minimum atomic E-state index is -0.0934. The van der Waals surface area contributed by atoms with Gasteiger partial charge in [-0.15, -0.1) is 0 Å². The number of Topliss-reactive ketones (excluding diaryl/α,β-unsaturated/α-hetero) is 1. The molecule has 0 aromatic heterocycles. The van der Waals surface area contributed by atoms with Crippen molar-refractivity contribution in [3.63, 3.8) is 0 Å². The van der Waals surface area contributed by atoms with E-state index in [-0.39, 0.29) is 5.78 Å². The Hall–Kier alpha value is -3.46. The zero-order valence-electron chi connectivity index (χ0n) is 13.3. The maximum absolute atomic E-state index is 12.3. The van der Waals surface area contributed by atoms with Gasteiger partial charge < -0.3 is 4.74 Å². The summed E-state index contributed by atoms with van der Waals surface area (Å²) >= 11 is 0. The predicted octanol–water partition coefficient (Wildman–Crippen LogP) is 4.78. The summed E-state index contributed by atoms with van der Waals surface area (Å²) in [4.78, 5) is 23.1. The van der Waals surface area contributed by atoms with Gasteiger partial charge in [-0.25, -0.2) is 0 Å². The van der Waals surface area contributed by atoms with Gasteiger partial charge in [-0.05, 0) is 34.9 Å². The second-order valence-electron chi connectivity index (χ2n) is 5.80. The molecule has 3 heteroatoms. The fourth-order valence-electron chi connectivity index (χ4n) is 2.81. The first-order valence-corrected chi connectivity index (χ1v) is 7.93. The van der Waals surface area contributed by atoms with E-state index in [1.54, 1.807) is 30.3 Å². The number of benzene rings is 3. The quantitative estimate of drug-likeness (QED) is 0.514. The molecule has 1 aliphatic heterocycles. The summed E-state index contributed by atoms with van der Waals surface area (Å²) in [7, 11) is 0. The van der Waals surface area contributed by atoms with Crippen LogP contribution in [0.1, 0.15) is 26.3 Å². The molecule has 0 bridgehead atoms. The maximum atomic E-state index is 12.3. The number of hydrogen-bond acceptors (Lipinski definition) is 3. The third-order valence-corrected chi connectivity index (χ3v) is 4.16. The van der Waals surface area contributed by atoms with Crippen LogP contribution in [0.4, 0.5) is 0 Å². The summed E-state index contributed by atoms with van der Waals surface area (Å²) in [5.74, 6) is 0.846. The molecule has 0 amide bonds. The standard InChI is InChI=1S/C22H14O3/c23-14-16-7-11-18(12-8-16)17-9-5-15(6-10-17)13-21-22(24)19-3-1-2-4-20(19)25-21/h1-14H/b21-13-. The molecule has 0 aliphatic carbocycles. The Bertz CT molecular complexity index is 981. The number of carbonyl (C=O) groups is 2. The zero-order valence-corrected chi connectivity index (χ0v) is 13.3. The summed E-state index contributed by atoms with van der Waals surface area (Å²) in [5.41, 5.74) is 4.22. The average molecular weight is 326 g/mol. The fraction of sp³-hybridized carbons (Fsp3) is 0. The molecule has 4 rings (SSSR count). The number of allylic oxidation sites excluding steroid dienone is 1. The lowest BCUT2D eigenvalue weighted by molar-refractivity contribution is 0.101. The van der Waals surface area contributed by atoms with Crippen LogP contribution in [0.25, 0.3) is 17.2 Å². The van der Waals surface area contributed by atoms with E-state index < -0.39 is 0 Å². The van der Waals surface area contributed by atoms with E-state index >= 15 is 0 Å². The molecule has 0 atom stereocenters. The smallest absolute Gasteiger partial charge is 0.231 e. The lowest BCUT2D eigenvalue weighted by Crippen LogP contribution is -1.97. The minimum absolute atomic E-state index is 0.0934. The van der Waals surface area contributed by atoms with E-state index in [9.17, 15) is 9.59 Å². The Morgan fingerprint density at radius 3 is 1.92 bits per heavy atom. The summed E-state index contributed by atoms with van der Waals surface area (Å²) in [6, 6.07) is 22.5. The highest BCUT2D eigenvalue weighted by Crippen LogP contribution is 2.31. The van der Waals surface area contributed by atoms with Crippen molar-refractivity contribution < 1.29 is 14.3 Å². The van der Waals surface area contributed by atoms with Gasteiger partial charge in [-0.1, -0.05) is 60.7 Å². The molecular formula is C22H14O3. The van der Waals surface area contributed by atoms with Crippen molar-refractivity contribution in [1.29, 1.82) is 0 Å². The number of aldehydes is 1. The van der Waals surface area contributed by atoms with E-state index in [0.717, 1.165) is 23.0 Å². The highest BCUT2D eigenvalue weighted by atomic mass is 16.5. The second-order valence-corrected chi connectivity index (χ2v) is 5.80. The molecule has 0 spiro atoms. The Labute approximate surface area is 145 Å². The number of hydrogen-bond donors (Lipinski definition) is 0. The SMILES string of the molecule is O=Cc1ccc(-c2ccc(/C=C3\Oc4ccccc4C3=O)cc2)cc1. The Balaban J connectivity index is 1.59. The zero-order chi connectivity index (χ0) is 17.2. The number of carbonyl (C=O) groups excluding carboxylic acids is 2. The van der Waals surface area contributed by atoms with Gasteiger partial charge in [-0.2, -0.15) is 0 Å². The van der Waals surface area contributed by atoms with Crippen molar-refractivity contribution in [2.24, 2.45) is 0 Å². The maximum Gasteiger partial charge on any atom is 0.231 e. The van der Waals surface area contributed by atoms with Gasteiger partial charge in [-0.3, -0.25) is 9.59 Å². The predicted molar refractivity (Wildman–Crippen MR) is 96.6 cm³/mol. The first-order chi connectivity index (χ1) is 12.2. The summed E-state index contributed by atoms with van der Waals surface area (Å²) in [5, 5.41) is 0. The number of rotatable bonds is 3. The van der Waals surface area contributed by atoms with Crippen LogP contribution >= 0.6 is 0 Å². The molecule has 0 fully saturated rings. The van der Waals surface area contributed by atoms with Gasteiger partial charge in [0.25, 0.3) is 0 Å². The van der Waals surface area contributed by atoms with Gasteiger partial charge >= 0.3 is 0 Å². The lowest BCUT2D eigenvalue weighted by Gasteiger charge is -2.03. The summed E-state index contributed by atoms with van der Waals surface area (Å²) in [6.45, 7) is 0. The normalized spacial score (nSPS) is 14.2. The lowest BCUT2D eigenvalue weighted by atomic mass is 10.0. The van der Waals surface area contributed by atoms with E-state index in [0.29, 0.717) is 22.6 Å². The van der Waals surface area contributed by atoms with Crippen molar-refractivity contribution >= 4 is 18.1 Å². The van der Waals surface area contributed by atoms with Gasteiger partial charge in [0.1, 0.15) is 12.0 Å². The number of ether oxygens (including phenoxy) is 1. The van der Waals surface area contributed by atoms with Crippen molar-refractivity contribution in [3.05, 3.63) is 95.2 Å². The summed E-state index contributed by atoms with van der Waals surface area (Å²) < 4.78 is 5.64. The van der Waals surface area contributed by atoms with Crippen LogP contribution in [-0.2, 0) is 0 Å². The number of ketones is 1. The molecule has 25 heavy (non-hydrogen) atoms. The third-order valence-electron chi connectivity index (χ3n) is 4.16. The molecule has 120 valence electrons. The molecule has 1 heterocycles. The summed E-state index contributed by atoms with van der Waals surface area (Å²) in [6.07, 6.45) is 2.58. The van der Waals surface area contributed by atoms with Crippen molar-refractivity contribution in [3.8, 4) is 16.9 Å². The van der Waals surface area contributed by atoms with Crippen molar-refractivity contribution in [2.45, 2.75) is 0 Å². The monoisotopic (exact) mass is 326 g/mol. The molecule has 3 nitrogen and oxygen atoms in total. The van der Waals surface area contributed by atoms with E-state index in [1.807, 2.05) is 48.5 Å². The number of para-hydroxylation sites is 1. The molecule has 3 aromatic carbocycles. The average Bonchev–Trinajstić information content (AvgIpc) is 2.98. The van der Waals surface area contributed by atoms with Gasteiger partial charge in [0.15, 0.2) is 5.76 Å². The Kier molecular flexibility index (Phi) is 3.75.